The summed E-state index contributed by atoms with van der Waals surface area (Å²) in [7, 11) is 0. The van der Waals surface area contributed by atoms with Crippen LogP contribution in [0.25, 0.3) is 0 Å². The molecular weight excluding hydrogens is 418 g/mol. The summed E-state index contributed by atoms with van der Waals surface area (Å²) in [6, 6.07) is 11.5. The van der Waals surface area contributed by atoms with Gasteiger partial charge in [-0.15, -0.1) is 0 Å². The number of hydrogen-bond donors (Lipinski definition) is 1. The summed E-state index contributed by atoms with van der Waals surface area (Å²) < 4.78 is 0. The van der Waals surface area contributed by atoms with Gasteiger partial charge in [0, 0.05) is 17.1 Å². The zero-order valence-electron chi connectivity index (χ0n) is 18.4. The number of nitrogens with zero attached hydrogens (tertiary/aromatic N) is 2. The third-order valence-electron chi connectivity index (χ3n) is 8.29. The molecule has 0 radical (unpaired) electrons. The Hall–Kier alpha value is -2.34. The molecule has 2 amide bonds. The number of rotatable bonds is 4. The zero-order chi connectivity index (χ0) is 21.9. The second kappa shape index (κ2) is 7.62. The Labute approximate surface area is 193 Å². The fraction of sp³-hybridized carbons (Fsp3) is 0.500. The summed E-state index contributed by atoms with van der Waals surface area (Å²) >= 11 is 1.49. The normalized spacial score (nSPS) is 31.0. The molecule has 4 fully saturated rings. The highest BCUT2D eigenvalue weighted by molar-refractivity contribution is 7.99. The standard InChI is InChI=1S/C26H29N3O2S/c1-16(26-12-17-9-18(13-26)11-19(10-17)14-26)28-23(30)15-29-21-6-2-3-7-22(21)32-24-20(25(29)31)5-4-8-27-24/h2-8,16-19H,9-15H2,1H3,(H,28,30)/t16-,17?,18?,19?,26?/m1/s1. The summed E-state index contributed by atoms with van der Waals surface area (Å²) in [4.78, 5) is 33.7. The first kappa shape index (κ1) is 20.3. The molecule has 2 aromatic rings. The lowest BCUT2D eigenvalue weighted by Crippen LogP contribution is -2.57. The van der Waals surface area contributed by atoms with Crippen molar-refractivity contribution in [3.05, 3.63) is 48.2 Å². The summed E-state index contributed by atoms with van der Waals surface area (Å²) in [6.07, 6.45) is 9.64. The lowest BCUT2D eigenvalue weighted by molar-refractivity contribution is -0.124. The Bertz CT molecular complexity index is 1050. The van der Waals surface area contributed by atoms with E-state index in [1.165, 1.54) is 50.3 Å². The highest BCUT2D eigenvalue weighted by Crippen LogP contribution is 2.61. The maximum Gasteiger partial charge on any atom is 0.261 e. The average Bonchev–Trinajstić information content (AvgIpc) is 2.88. The minimum absolute atomic E-state index is 0.0292. The second-order valence-electron chi connectivity index (χ2n) is 10.4. The Morgan fingerprint density at radius 3 is 2.53 bits per heavy atom. The number of hydrogen-bond acceptors (Lipinski definition) is 4. The molecule has 0 unspecified atom stereocenters. The van der Waals surface area contributed by atoms with Crippen molar-refractivity contribution in [2.24, 2.45) is 23.2 Å². The van der Waals surface area contributed by atoms with E-state index < -0.39 is 0 Å². The average molecular weight is 448 g/mol. The highest BCUT2D eigenvalue weighted by atomic mass is 32.2. The Morgan fingerprint density at radius 2 is 1.81 bits per heavy atom. The highest BCUT2D eigenvalue weighted by Gasteiger charge is 2.53. The Balaban J connectivity index is 1.24. The maximum absolute atomic E-state index is 13.4. The zero-order valence-corrected chi connectivity index (χ0v) is 19.2. The van der Waals surface area contributed by atoms with E-state index in [0.717, 1.165) is 28.3 Å². The molecule has 1 atom stereocenters. The third-order valence-corrected chi connectivity index (χ3v) is 9.38. The van der Waals surface area contributed by atoms with Gasteiger partial charge in [0.05, 0.1) is 11.3 Å². The molecule has 7 rings (SSSR count). The van der Waals surface area contributed by atoms with E-state index in [0.29, 0.717) is 10.6 Å². The van der Waals surface area contributed by atoms with Crippen molar-refractivity contribution in [2.75, 3.05) is 11.4 Å². The van der Waals surface area contributed by atoms with E-state index >= 15 is 0 Å². The van der Waals surface area contributed by atoms with E-state index in [1.54, 1.807) is 23.2 Å². The van der Waals surface area contributed by atoms with Gasteiger partial charge in [0.15, 0.2) is 0 Å². The molecule has 32 heavy (non-hydrogen) atoms. The number of carbonyl (C=O) groups excluding carboxylic acids is 2. The quantitative estimate of drug-likeness (QED) is 0.723. The minimum Gasteiger partial charge on any atom is -0.352 e. The van der Waals surface area contributed by atoms with E-state index in [9.17, 15) is 9.59 Å². The monoisotopic (exact) mass is 447 g/mol. The number of aromatic nitrogens is 1. The Morgan fingerprint density at radius 1 is 1.12 bits per heavy atom. The number of benzene rings is 1. The molecule has 5 nitrogen and oxygen atoms in total. The van der Waals surface area contributed by atoms with Crippen molar-refractivity contribution in [2.45, 2.75) is 61.4 Å². The lowest BCUT2D eigenvalue weighted by atomic mass is 9.48. The predicted octanol–water partition coefficient (Wildman–Crippen LogP) is 4.91. The fourth-order valence-corrected chi connectivity index (χ4v) is 8.23. The SMILES string of the molecule is C[C@@H](NC(=O)CN1C(=O)c2cccnc2Sc2ccccc21)C12CC3CC(CC(C3)C1)C2. The van der Waals surface area contributed by atoms with Crippen LogP contribution in [0.3, 0.4) is 0 Å². The van der Waals surface area contributed by atoms with E-state index in [4.69, 9.17) is 0 Å². The molecule has 6 heteroatoms. The van der Waals surface area contributed by atoms with Gasteiger partial charge < -0.3 is 5.32 Å². The molecule has 1 N–H and O–H groups in total. The molecule has 0 saturated heterocycles. The number of fused-ring (bicyclic) bond motifs is 2. The van der Waals surface area contributed by atoms with Crippen LogP contribution in [-0.4, -0.2) is 29.4 Å². The van der Waals surface area contributed by atoms with Crippen LogP contribution in [0.15, 0.2) is 52.5 Å². The first-order chi connectivity index (χ1) is 15.5. The summed E-state index contributed by atoms with van der Waals surface area (Å²) in [5.74, 6) is 2.30. The molecule has 0 spiro atoms. The Kier molecular flexibility index (Phi) is 4.83. The van der Waals surface area contributed by atoms with Crippen LogP contribution in [0, 0.1) is 23.2 Å². The second-order valence-corrected chi connectivity index (χ2v) is 11.4. The minimum atomic E-state index is -0.164. The van der Waals surface area contributed by atoms with Gasteiger partial charge in [0.25, 0.3) is 5.91 Å². The van der Waals surface area contributed by atoms with Crippen LogP contribution in [0.5, 0.6) is 0 Å². The number of amides is 2. The molecule has 166 valence electrons. The fourth-order valence-electron chi connectivity index (χ4n) is 7.21. The van der Waals surface area contributed by atoms with Gasteiger partial charge in [-0.25, -0.2) is 4.98 Å². The van der Waals surface area contributed by atoms with E-state index in [1.807, 2.05) is 24.3 Å². The van der Waals surface area contributed by atoms with Crippen LogP contribution in [0.2, 0.25) is 0 Å². The number of pyridine rings is 1. The topological polar surface area (TPSA) is 62.3 Å². The molecule has 4 saturated carbocycles. The summed E-state index contributed by atoms with van der Waals surface area (Å²) in [6.45, 7) is 2.22. The van der Waals surface area contributed by atoms with Crippen molar-refractivity contribution in [3.8, 4) is 0 Å². The van der Waals surface area contributed by atoms with Gasteiger partial charge in [-0.3, -0.25) is 14.5 Å². The van der Waals surface area contributed by atoms with E-state index in [2.05, 4.69) is 17.2 Å². The van der Waals surface area contributed by atoms with Crippen LogP contribution in [0.1, 0.15) is 55.8 Å². The third kappa shape index (κ3) is 3.35. The first-order valence-electron chi connectivity index (χ1n) is 11.8. The van der Waals surface area contributed by atoms with Crippen molar-refractivity contribution >= 4 is 29.3 Å². The maximum atomic E-state index is 13.4. The van der Waals surface area contributed by atoms with Crippen LogP contribution < -0.4 is 10.2 Å². The van der Waals surface area contributed by atoms with Crippen molar-refractivity contribution in [1.29, 1.82) is 0 Å². The van der Waals surface area contributed by atoms with Gasteiger partial charge in [-0.2, -0.15) is 0 Å². The molecule has 1 aliphatic heterocycles. The summed E-state index contributed by atoms with van der Waals surface area (Å²) in [5.41, 5.74) is 1.58. The number of carbonyl (C=O) groups is 2. The van der Waals surface area contributed by atoms with Gasteiger partial charge in [-0.05, 0) is 92.9 Å². The number of para-hydroxylation sites is 1. The van der Waals surface area contributed by atoms with Crippen LogP contribution >= 0.6 is 11.8 Å². The van der Waals surface area contributed by atoms with Crippen LogP contribution in [0.4, 0.5) is 5.69 Å². The van der Waals surface area contributed by atoms with Crippen LogP contribution in [-0.2, 0) is 4.79 Å². The molecule has 1 aromatic heterocycles. The summed E-state index contributed by atoms with van der Waals surface area (Å²) in [5, 5.41) is 4.01. The number of nitrogens with one attached hydrogen (secondary N) is 1. The van der Waals surface area contributed by atoms with Crippen molar-refractivity contribution < 1.29 is 9.59 Å². The number of anilines is 1. The molecule has 5 aliphatic rings. The van der Waals surface area contributed by atoms with Gasteiger partial charge >= 0.3 is 0 Å². The molecular formula is C26H29N3O2S. The molecule has 4 aliphatic carbocycles. The molecule has 1 aromatic carbocycles. The largest absolute Gasteiger partial charge is 0.352 e. The first-order valence-corrected chi connectivity index (χ1v) is 12.7. The predicted molar refractivity (Wildman–Crippen MR) is 125 cm³/mol. The lowest BCUT2D eigenvalue weighted by Gasteiger charge is -2.59. The van der Waals surface area contributed by atoms with Crippen molar-refractivity contribution in [3.63, 3.8) is 0 Å². The van der Waals surface area contributed by atoms with Gasteiger partial charge in [0.2, 0.25) is 5.91 Å². The van der Waals surface area contributed by atoms with Gasteiger partial charge in [0.1, 0.15) is 11.6 Å². The molecule has 4 bridgehead atoms. The van der Waals surface area contributed by atoms with Crippen molar-refractivity contribution in [1.82, 2.24) is 10.3 Å². The molecule has 2 heterocycles. The van der Waals surface area contributed by atoms with Gasteiger partial charge in [-0.1, -0.05) is 23.9 Å². The smallest absolute Gasteiger partial charge is 0.261 e. The van der Waals surface area contributed by atoms with E-state index in [-0.39, 0.29) is 29.8 Å².